The molecular formula is C13H21N3O3. The van der Waals surface area contributed by atoms with E-state index >= 15 is 0 Å². The number of hydrogen-bond donors (Lipinski definition) is 0. The first-order chi connectivity index (χ1) is 9.15. The molecular weight excluding hydrogens is 246 g/mol. The van der Waals surface area contributed by atoms with E-state index in [9.17, 15) is 9.59 Å². The van der Waals surface area contributed by atoms with Crippen LogP contribution in [0.1, 0.15) is 12.8 Å². The largest absolute Gasteiger partial charge is 0.374 e. The number of rotatable bonds is 2. The SMILES string of the molecule is CN1CCOC(CN2CC(=O)N3CCCC3C2=O)C1. The number of nitrogens with zero attached hydrogens (tertiary/aromatic N) is 3. The molecule has 106 valence electrons. The molecule has 3 rings (SSSR count). The third-order valence-corrected chi connectivity index (χ3v) is 4.26. The van der Waals surface area contributed by atoms with Gasteiger partial charge in [0.15, 0.2) is 0 Å². The van der Waals surface area contributed by atoms with E-state index in [0.717, 1.165) is 32.5 Å². The standard InChI is InChI=1S/C13H21N3O3/c1-14-5-6-19-10(7-14)8-15-9-12(17)16-4-2-3-11(16)13(15)18/h10-11H,2-9H2,1H3. The number of carbonyl (C=O) groups excluding carboxylic acids is 2. The number of ether oxygens (including phenoxy) is 1. The van der Waals surface area contributed by atoms with Crippen molar-refractivity contribution in [2.24, 2.45) is 0 Å². The first-order valence-corrected chi connectivity index (χ1v) is 7.03. The van der Waals surface area contributed by atoms with E-state index in [2.05, 4.69) is 11.9 Å². The average Bonchev–Trinajstić information content (AvgIpc) is 2.85. The summed E-state index contributed by atoms with van der Waals surface area (Å²) in [5, 5.41) is 0. The number of fused-ring (bicyclic) bond motifs is 1. The second-order valence-electron chi connectivity index (χ2n) is 5.72. The maximum absolute atomic E-state index is 12.4. The average molecular weight is 267 g/mol. The minimum Gasteiger partial charge on any atom is -0.374 e. The first-order valence-electron chi connectivity index (χ1n) is 7.03. The van der Waals surface area contributed by atoms with Gasteiger partial charge in [0.25, 0.3) is 0 Å². The van der Waals surface area contributed by atoms with E-state index in [1.807, 2.05) is 0 Å². The summed E-state index contributed by atoms with van der Waals surface area (Å²) in [6, 6.07) is -0.206. The smallest absolute Gasteiger partial charge is 0.245 e. The molecule has 2 unspecified atom stereocenters. The number of hydrogen-bond acceptors (Lipinski definition) is 4. The van der Waals surface area contributed by atoms with Crippen LogP contribution in [0, 0.1) is 0 Å². The molecule has 3 fully saturated rings. The molecule has 19 heavy (non-hydrogen) atoms. The van der Waals surface area contributed by atoms with E-state index in [0.29, 0.717) is 13.2 Å². The third-order valence-electron chi connectivity index (χ3n) is 4.26. The number of amides is 2. The molecule has 3 saturated heterocycles. The van der Waals surface area contributed by atoms with Crippen molar-refractivity contribution in [3.8, 4) is 0 Å². The zero-order chi connectivity index (χ0) is 13.4. The highest BCUT2D eigenvalue weighted by molar-refractivity contribution is 5.95. The van der Waals surface area contributed by atoms with Gasteiger partial charge in [0.1, 0.15) is 6.04 Å². The van der Waals surface area contributed by atoms with Gasteiger partial charge in [0, 0.05) is 26.2 Å². The molecule has 0 saturated carbocycles. The Labute approximate surface area is 113 Å². The van der Waals surface area contributed by atoms with E-state index in [-0.39, 0.29) is 30.5 Å². The summed E-state index contributed by atoms with van der Waals surface area (Å²) in [5.74, 6) is 0.195. The monoisotopic (exact) mass is 267 g/mol. The summed E-state index contributed by atoms with van der Waals surface area (Å²) in [6.45, 7) is 3.96. The number of likely N-dealkylation sites (N-methyl/N-ethyl adjacent to an activating group) is 1. The maximum Gasteiger partial charge on any atom is 0.245 e. The lowest BCUT2D eigenvalue weighted by molar-refractivity contribution is -0.156. The summed E-state index contributed by atoms with van der Waals surface area (Å²) in [4.78, 5) is 30.0. The summed E-state index contributed by atoms with van der Waals surface area (Å²) >= 11 is 0. The van der Waals surface area contributed by atoms with Crippen molar-refractivity contribution in [3.05, 3.63) is 0 Å². The van der Waals surface area contributed by atoms with Crippen LogP contribution in [-0.2, 0) is 14.3 Å². The second kappa shape index (κ2) is 5.09. The molecule has 0 N–H and O–H groups in total. The molecule has 6 nitrogen and oxygen atoms in total. The number of carbonyl (C=O) groups is 2. The first kappa shape index (κ1) is 12.9. The molecule has 0 aromatic rings. The van der Waals surface area contributed by atoms with E-state index < -0.39 is 0 Å². The zero-order valence-electron chi connectivity index (χ0n) is 11.4. The number of morpholine rings is 1. The maximum atomic E-state index is 12.4. The third kappa shape index (κ3) is 2.47. The Morgan fingerprint density at radius 2 is 2.16 bits per heavy atom. The van der Waals surface area contributed by atoms with Crippen LogP contribution in [-0.4, -0.2) is 85.0 Å². The Bertz CT molecular complexity index is 387. The normalized spacial score (nSPS) is 32.9. The highest BCUT2D eigenvalue weighted by Crippen LogP contribution is 2.24. The molecule has 2 amide bonds. The predicted octanol–water partition coefficient (Wildman–Crippen LogP) is -0.850. The Kier molecular flexibility index (Phi) is 3.45. The second-order valence-corrected chi connectivity index (χ2v) is 5.72. The van der Waals surface area contributed by atoms with Crippen LogP contribution in [0.4, 0.5) is 0 Å². The van der Waals surface area contributed by atoms with Gasteiger partial charge < -0.3 is 19.4 Å². The summed E-state index contributed by atoms with van der Waals surface area (Å²) < 4.78 is 5.69. The molecule has 3 heterocycles. The zero-order valence-corrected chi connectivity index (χ0v) is 11.4. The van der Waals surface area contributed by atoms with Crippen molar-refractivity contribution in [1.82, 2.24) is 14.7 Å². The van der Waals surface area contributed by atoms with Crippen LogP contribution in [0.15, 0.2) is 0 Å². The van der Waals surface area contributed by atoms with E-state index in [1.54, 1.807) is 9.80 Å². The molecule has 0 spiro atoms. The minimum absolute atomic E-state index is 0.0310. The van der Waals surface area contributed by atoms with E-state index in [4.69, 9.17) is 4.74 Å². The molecule has 0 aromatic carbocycles. The highest BCUT2D eigenvalue weighted by atomic mass is 16.5. The molecule has 3 aliphatic rings. The molecule has 0 aromatic heterocycles. The summed E-state index contributed by atoms with van der Waals surface area (Å²) in [5.41, 5.74) is 0. The van der Waals surface area contributed by atoms with Gasteiger partial charge >= 0.3 is 0 Å². The van der Waals surface area contributed by atoms with Crippen molar-refractivity contribution in [2.45, 2.75) is 25.0 Å². The topological polar surface area (TPSA) is 53.1 Å². The molecule has 3 aliphatic heterocycles. The van der Waals surface area contributed by atoms with Crippen molar-refractivity contribution in [2.75, 3.05) is 46.4 Å². The summed E-state index contributed by atoms with van der Waals surface area (Å²) in [7, 11) is 2.05. The van der Waals surface area contributed by atoms with Gasteiger partial charge in [0.2, 0.25) is 11.8 Å². The lowest BCUT2D eigenvalue weighted by Crippen LogP contribution is -2.59. The fourth-order valence-electron chi connectivity index (χ4n) is 3.24. The van der Waals surface area contributed by atoms with Crippen LogP contribution in [0.2, 0.25) is 0 Å². The minimum atomic E-state index is -0.206. The van der Waals surface area contributed by atoms with Crippen molar-refractivity contribution < 1.29 is 14.3 Å². The van der Waals surface area contributed by atoms with Gasteiger partial charge in [-0.15, -0.1) is 0 Å². The molecule has 0 radical (unpaired) electrons. The van der Waals surface area contributed by atoms with Gasteiger partial charge in [-0.05, 0) is 19.9 Å². The fraction of sp³-hybridized carbons (Fsp3) is 0.846. The van der Waals surface area contributed by atoms with E-state index in [1.165, 1.54) is 0 Å². The van der Waals surface area contributed by atoms with Gasteiger partial charge in [-0.3, -0.25) is 9.59 Å². The van der Waals surface area contributed by atoms with Gasteiger partial charge in [-0.1, -0.05) is 0 Å². The van der Waals surface area contributed by atoms with Crippen molar-refractivity contribution in [1.29, 1.82) is 0 Å². The fourth-order valence-corrected chi connectivity index (χ4v) is 3.24. The van der Waals surface area contributed by atoms with Crippen LogP contribution in [0.25, 0.3) is 0 Å². The van der Waals surface area contributed by atoms with Gasteiger partial charge in [0.05, 0.1) is 19.3 Å². The lowest BCUT2D eigenvalue weighted by atomic mass is 10.1. The Hall–Kier alpha value is -1.14. The predicted molar refractivity (Wildman–Crippen MR) is 68.6 cm³/mol. The Morgan fingerprint density at radius 3 is 2.95 bits per heavy atom. The van der Waals surface area contributed by atoms with Crippen molar-refractivity contribution >= 4 is 11.8 Å². The van der Waals surface area contributed by atoms with Crippen LogP contribution in [0.5, 0.6) is 0 Å². The molecule has 0 bridgehead atoms. The summed E-state index contributed by atoms with van der Waals surface area (Å²) in [6.07, 6.45) is 1.79. The molecule has 0 aliphatic carbocycles. The molecule has 6 heteroatoms. The van der Waals surface area contributed by atoms with Crippen LogP contribution >= 0.6 is 0 Å². The van der Waals surface area contributed by atoms with Gasteiger partial charge in [-0.2, -0.15) is 0 Å². The lowest BCUT2D eigenvalue weighted by Gasteiger charge is -2.39. The van der Waals surface area contributed by atoms with Crippen LogP contribution < -0.4 is 0 Å². The number of piperazine rings is 1. The Morgan fingerprint density at radius 1 is 1.32 bits per heavy atom. The molecule has 2 atom stereocenters. The quantitative estimate of drug-likeness (QED) is 0.654. The van der Waals surface area contributed by atoms with Gasteiger partial charge in [-0.25, -0.2) is 0 Å². The van der Waals surface area contributed by atoms with Crippen LogP contribution in [0.3, 0.4) is 0 Å². The van der Waals surface area contributed by atoms with Crippen molar-refractivity contribution in [3.63, 3.8) is 0 Å². The highest BCUT2D eigenvalue weighted by Gasteiger charge is 2.42. The Balaban J connectivity index is 1.64.